The van der Waals surface area contributed by atoms with Crippen LogP contribution in [0.2, 0.25) is 5.02 Å². The standard InChI is InChI=1S/C15H16Cl2N2/c1-4-11-8-12(16)6-7-15(11)19-10(3)13(9-18-19)14(17)5-2/h5-9H,4H2,1-3H3/b14-5+. The zero-order valence-electron chi connectivity index (χ0n) is 11.2. The van der Waals surface area contributed by atoms with Crippen LogP contribution in [0.1, 0.15) is 30.7 Å². The Morgan fingerprint density at radius 2 is 2.16 bits per heavy atom. The van der Waals surface area contributed by atoms with Crippen molar-refractivity contribution < 1.29 is 0 Å². The van der Waals surface area contributed by atoms with Crippen LogP contribution in [0.5, 0.6) is 0 Å². The lowest BCUT2D eigenvalue weighted by Gasteiger charge is -2.11. The predicted octanol–water partition coefficient (Wildman–Crippen LogP) is 5.00. The predicted molar refractivity (Wildman–Crippen MR) is 82.2 cm³/mol. The zero-order valence-corrected chi connectivity index (χ0v) is 12.8. The number of aryl methyl sites for hydroxylation is 1. The van der Waals surface area contributed by atoms with Crippen LogP contribution in [-0.4, -0.2) is 9.78 Å². The molecule has 2 rings (SSSR count). The molecule has 0 radical (unpaired) electrons. The van der Waals surface area contributed by atoms with E-state index in [1.807, 2.05) is 42.8 Å². The molecule has 0 N–H and O–H groups in total. The number of rotatable bonds is 3. The minimum Gasteiger partial charge on any atom is -0.237 e. The summed E-state index contributed by atoms with van der Waals surface area (Å²) >= 11 is 12.2. The van der Waals surface area contributed by atoms with Gasteiger partial charge >= 0.3 is 0 Å². The van der Waals surface area contributed by atoms with E-state index in [1.54, 1.807) is 6.20 Å². The molecule has 4 heteroatoms. The van der Waals surface area contributed by atoms with Crippen molar-refractivity contribution in [2.45, 2.75) is 27.2 Å². The Balaban J connectivity index is 2.57. The van der Waals surface area contributed by atoms with E-state index in [-0.39, 0.29) is 0 Å². The number of nitrogens with zero attached hydrogens (tertiary/aromatic N) is 2. The number of allylic oxidation sites excluding steroid dienone is 1. The molecular weight excluding hydrogens is 279 g/mol. The van der Waals surface area contributed by atoms with Crippen molar-refractivity contribution >= 4 is 28.2 Å². The largest absolute Gasteiger partial charge is 0.237 e. The van der Waals surface area contributed by atoms with Gasteiger partial charge < -0.3 is 0 Å². The maximum Gasteiger partial charge on any atom is 0.0681 e. The topological polar surface area (TPSA) is 17.8 Å². The Labute approximate surface area is 123 Å². The van der Waals surface area contributed by atoms with Gasteiger partial charge in [0.2, 0.25) is 0 Å². The second kappa shape index (κ2) is 5.81. The van der Waals surface area contributed by atoms with Crippen molar-refractivity contribution in [2.75, 3.05) is 0 Å². The van der Waals surface area contributed by atoms with Gasteiger partial charge in [0.1, 0.15) is 0 Å². The van der Waals surface area contributed by atoms with Gasteiger partial charge in [-0.05, 0) is 44.0 Å². The minimum absolute atomic E-state index is 0.718. The highest BCUT2D eigenvalue weighted by Gasteiger charge is 2.12. The van der Waals surface area contributed by atoms with E-state index in [1.165, 1.54) is 5.56 Å². The van der Waals surface area contributed by atoms with Crippen LogP contribution in [0.3, 0.4) is 0 Å². The van der Waals surface area contributed by atoms with E-state index in [2.05, 4.69) is 12.0 Å². The van der Waals surface area contributed by atoms with E-state index < -0.39 is 0 Å². The van der Waals surface area contributed by atoms with Gasteiger partial charge in [-0.25, -0.2) is 4.68 Å². The van der Waals surface area contributed by atoms with Crippen molar-refractivity contribution in [1.29, 1.82) is 0 Å². The van der Waals surface area contributed by atoms with E-state index in [0.717, 1.165) is 33.4 Å². The third-order valence-electron chi connectivity index (χ3n) is 3.17. The molecule has 0 saturated heterocycles. The highest BCUT2D eigenvalue weighted by atomic mass is 35.5. The summed E-state index contributed by atoms with van der Waals surface area (Å²) in [6.07, 6.45) is 4.58. The van der Waals surface area contributed by atoms with Crippen molar-refractivity contribution in [3.05, 3.63) is 52.3 Å². The summed E-state index contributed by atoms with van der Waals surface area (Å²) in [5, 5.41) is 5.91. The van der Waals surface area contributed by atoms with Crippen LogP contribution in [0.4, 0.5) is 0 Å². The summed E-state index contributed by atoms with van der Waals surface area (Å²) in [5.74, 6) is 0. The molecule has 0 aliphatic heterocycles. The molecular formula is C15H16Cl2N2. The molecule has 0 saturated carbocycles. The molecule has 0 fully saturated rings. The summed E-state index contributed by atoms with van der Waals surface area (Å²) < 4.78 is 1.91. The maximum absolute atomic E-state index is 6.18. The number of benzene rings is 1. The molecule has 0 amide bonds. The molecule has 2 nitrogen and oxygen atoms in total. The van der Waals surface area contributed by atoms with Crippen LogP contribution in [0.25, 0.3) is 10.7 Å². The molecule has 2 aromatic rings. The fraction of sp³-hybridized carbons (Fsp3) is 0.267. The molecule has 0 bridgehead atoms. The fourth-order valence-corrected chi connectivity index (χ4v) is 2.47. The van der Waals surface area contributed by atoms with Gasteiger partial charge in [-0.2, -0.15) is 5.10 Å². The summed E-state index contributed by atoms with van der Waals surface area (Å²) in [4.78, 5) is 0. The van der Waals surface area contributed by atoms with E-state index in [4.69, 9.17) is 23.2 Å². The van der Waals surface area contributed by atoms with Crippen molar-refractivity contribution in [3.8, 4) is 5.69 Å². The zero-order chi connectivity index (χ0) is 14.0. The monoisotopic (exact) mass is 294 g/mol. The van der Waals surface area contributed by atoms with Crippen LogP contribution in [-0.2, 0) is 6.42 Å². The lowest BCUT2D eigenvalue weighted by Crippen LogP contribution is -2.03. The maximum atomic E-state index is 6.18. The first kappa shape index (κ1) is 14.2. The lowest BCUT2D eigenvalue weighted by molar-refractivity contribution is 0.832. The number of hydrogen-bond acceptors (Lipinski definition) is 1. The van der Waals surface area contributed by atoms with E-state index >= 15 is 0 Å². The van der Waals surface area contributed by atoms with E-state index in [9.17, 15) is 0 Å². The molecule has 0 atom stereocenters. The first-order valence-electron chi connectivity index (χ1n) is 6.24. The third kappa shape index (κ3) is 2.70. The quantitative estimate of drug-likeness (QED) is 0.779. The van der Waals surface area contributed by atoms with Crippen LogP contribution < -0.4 is 0 Å². The second-order valence-corrected chi connectivity index (χ2v) is 5.16. The second-order valence-electron chi connectivity index (χ2n) is 4.32. The molecule has 1 heterocycles. The van der Waals surface area contributed by atoms with Crippen molar-refractivity contribution in [2.24, 2.45) is 0 Å². The fourth-order valence-electron chi connectivity index (χ4n) is 2.09. The summed E-state index contributed by atoms with van der Waals surface area (Å²) in [6.45, 7) is 6.04. The van der Waals surface area contributed by atoms with Crippen molar-refractivity contribution in [1.82, 2.24) is 9.78 Å². The van der Waals surface area contributed by atoms with Crippen LogP contribution in [0.15, 0.2) is 30.5 Å². The van der Waals surface area contributed by atoms with Crippen molar-refractivity contribution in [3.63, 3.8) is 0 Å². The molecule has 0 aliphatic carbocycles. The number of halogens is 2. The Morgan fingerprint density at radius 1 is 1.42 bits per heavy atom. The molecule has 0 spiro atoms. The van der Waals surface area contributed by atoms with Gasteiger partial charge in [0, 0.05) is 21.3 Å². The van der Waals surface area contributed by atoms with Gasteiger partial charge in [-0.1, -0.05) is 36.2 Å². The highest BCUT2D eigenvalue weighted by molar-refractivity contribution is 6.48. The lowest BCUT2D eigenvalue weighted by atomic mass is 10.1. The summed E-state index contributed by atoms with van der Waals surface area (Å²) in [5.41, 5.74) is 4.21. The smallest absolute Gasteiger partial charge is 0.0681 e. The average molecular weight is 295 g/mol. The third-order valence-corrected chi connectivity index (χ3v) is 3.83. The van der Waals surface area contributed by atoms with Gasteiger partial charge in [-0.15, -0.1) is 0 Å². The van der Waals surface area contributed by atoms with Gasteiger partial charge in [-0.3, -0.25) is 0 Å². The first-order chi connectivity index (χ1) is 9.08. The highest BCUT2D eigenvalue weighted by Crippen LogP contribution is 2.26. The minimum atomic E-state index is 0.718. The summed E-state index contributed by atoms with van der Waals surface area (Å²) in [7, 11) is 0. The van der Waals surface area contributed by atoms with Crippen LogP contribution >= 0.6 is 23.2 Å². The molecule has 19 heavy (non-hydrogen) atoms. The molecule has 100 valence electrons. The Morgan fingerprint density at radius 3 is 2.79 bits per heavy atom. The van der Waals surface area contributed by atoms with Gasteiger partial charge in [0.15, 0.2) is 0 Å². The average Bonchev–Trinajstić information content (AvgIpc) is 2.79. The van der Waals surface area contributed by atoms with Crippen LogP contribution in [0, 0.1) is 6.92 Å². The molecule has 0 aliphatic rings. The SMILES string of the molecule is C/C=C(/Cl)c1cnn(-c2ccc(Cl)cc2CC)c1C. The van der Waals surface area contributed by atoms with E-state index in [0.29, 0.717) is 0 Å². The molecule has 0 unspecified atom stereocenters. The number of hydrogen-bond donors (Lipinski definition) is 0. The number of aromatic nitrogens is 2. The van der Waals surface area contributed by atoms with Gasteiger partial charge in [0.05, 0.1) is 11.9 Å². The summed E-state index contributed by atoms with van der Waals surface area (Å²) in [6, 6.07) is 5.86. The normalized spacial score (nSPS) is 11.9. The Hall–Kier alpha value is -1.25. The Kier molecular flexibility index (Phi) is 4.33. The molecule has 1 aromatic carbocycles. The molecule has 1 aromatic heterocycles. The first-order valence-corrected chi connectivity index (χ1v) is 6.99. The Bertz CT molecular complexity index is 627. The van der Waals surface area contributed by atoms with Gasteiger partial charge in [0.25, 0.3) is 0 Å².